The molecule has 0 atom stereocenters. The number of nitrogens with zero attached hydrogens (tertiary/aromatic N) is 4. The molecule has 36 heavy (non-hydrogen) atoms. The molecule has 1 aromatic heterocycles. The van der Waals surface area contributed by atoms with Crippen LogP contribution >= 0.6 is 11.8 Å². The highest BCUT2D eigenvalue weighted by Crippen LogP contribution is 2.36. The lowest BCUT2D eigenvalue weighted by atomic mass is 10.2. The molecule has 0 radical (unpaired) electrons. The van der Waals surface area contributed by atoms with E-state index in [1.54, 1.807) is 12.1 Å². The van der Waals surface area contributed by atoms with Gasteiger partial charge in [-0.3, -0.25) is 9.36 Å². The Hall–Kier alpha value is -4.31. The lowest BCUT2D eigenvalue weighted by Crippen LogP contribution is -2.20. The molecule has 9 nitrogen and oxygen atoms in total. The number of phenols is 1. The van der Waals surface area contributed by atoms with Crippen molar-refractivity contribution in [1.29, 1.82) is 0 Å². The SMILES string of the molecule is COc1cc(/C=N/NC(=O)CSc2nnc(-c3ccccc3)n2-c2ccc(C)cc2)cc(OC)c1O. The van der Waals surface area contributed by atoms with Crippen LogP contribution in [0.15, 0.2) is 77.0 Å². The molecule has 0 saturated carbocycles. The van der Waals surface area contributed by atoms with Crippen molar-refractivity contribution in [2.24, 2.45) is 5.10 Å². The van der Waals surface area contributed by atoms with Gasteiger partial charge in [-0.05, 0) is 31.2 Å². The fourth-order valence-corrected chi connectivity index (χ4v) is 4.14. The minimum Gasteiger partial charge on any atom is -0.502 e. The number of aryl methyl sites for hydroxylation is 1. The van der Waals surface area contributed by atoms with Gasteiger partial charge in [0.2, 0.25) is 5.75 Å². The molecule has 0 fully saturated rings. The molecular formula is C26H25N5O4S. The molecule has 0 unspecified atom stereocenters. The van der Waals surface area contributed by atoms with E-state index in [1.165, 1.54) is 32.2 Å². The molecule has 2 N–H and O–H groups in total. The van der Waals surface area contributed by atoms with Gasteiger partial charge in [-0.2, -0.15) is 5.10 Å². The summed E-state index contributed by atoms with van der Waals surface area (Å²) < 4.78 is 12.2. The van der Waals surface area contributed by atoms with Crippen molar-refractivity contribution in [1.82, 2.24) is 20.2 Å². The van der Waals surface area contributed by atoms with E-state index >= 15 is 0 Å². The second-order valence-corrected chi connectivity index (χ2v) is 8.64. The Morgan fingerprint density at radius 3 is 2.36 bits per heavy atom. The first-order valence-electron chi connectivity index (χ1n) is 11.0. The number of benzene rings is 3. The molecular weight excluding hydrogens is 478 g/mol. The van der Waals surface area contributed by atoms with Gasteiger partial charge in [0.15, 0.2) is 22.5 Å². The standard InChI is InChI=1S/C26H25N5O4S/c1-17-9-11-20(12-10-17)31-25(19-7-5-4-6-8-19)29-30-26(31)36-16-23(32)28-27-15-18-13-21(34-2)24(33)22(14-18)35-3/h4-15,33H,16H2,1-3H3,(H,28,32)/b27-15+. The summed E-state index contributed by atoms with van der Waals surface area (Å²) in [6.07, 6.45) is 1.44. The van der Waals surface area contributed by atoms with Crippen molar-refractivity contribution in [2.45, 2.75) is 12.1 Å². The van der Waals surface area contributed by atoms with E-state index < -0.39 is 0 Å². The molecule has 0 saturated heterocycles. The van der Waals surface area contributed by atoms with Crippen molar-refractivity contribution < 1.29 is 19.4 Å². The lowest BCUT2D eigenvalue weighted by molar-refractivity contribution is -0.118. The lowest BCUT2D eigenvalue weighted by Gasteiger charge is -2.10. The fourth-order valence-electron chi connectivity index (χ4n) is 3.39. The van der Waals surface area contributed by atoms with Gasteiger partial charge in [0.25, 0.3) is 5.91 Å². The number of hydrogen-bond acceptors (Lipinski definition) is 8. The Morgan fingerprint density at radius 2 is 1.72 bits per heavy atom. The van der Waals surface area contributed by atoms with Crippen LogP contribution in [0.25, 0.3) is 17.1 Å². The van der Waals surface area contributed by atoms with Gasteiger partial charge in [-0.25, -0.2) is 5.43 Å². The summed E-state index contributed by atoms with van der Waals surface area (Å²) >= 11 is 1.26. The normalized spacial score (nSPS) is 11.0. The highest BCUT2D eigenvalue weighted by atomic mass is 32.2. The van der Waals surface area contributed by atoms with Gasteiger partial charge < -0.3 is 14.6 Å². The summed E-state index contributed by atoms with van der Waals surface area (Å²) in [6, 6.07) is 21.0. The molecule has 0 spiro atoms. The van der Waals surface area contributed by atoms with Crippen LogP contribution in [0, 0.1) is 6.92 Å². The van der Waals surface area contributed by atoms with Crippen LogP contribution in [0.3, 0.4) is 0 Å². The molecule has 0 aliphatic carbocycles. The molecule has 0 bridgehead atoms. The molecule has 3 aromatic carbocycles. The number of aromatic nitrogens is 3. The smallest absolute Gasteiger partial charge is 0.250 e. The van der Waals surface area contributed by atoms with Crippen LogP contribution in [0.4, 0.5) is 0 Å². The van der Waals surface area contributed by atoms with E-state index in [0.29, 0.717) is 16.5 Å². The second-order valence-electron chi connectivity index (χ2n) is 7.70. The van der Waals surface area contributed by atoms with Crippen LogP contribution in [0.5, 0.6) is 17.2 Å². The van der Waals surface area contributed by atoms with Crippen LogP contribution < -0.4 is 14.9 Å². The summed E-state index contributed by atoms with van der Waals surface area (Å²) in [4.78, 5) is 12.5. The number of rotatable bonds is 9. The highest BCUT2D eigenvalue weighted by Gasteiger charge is 2.17. The Morgan fingerprint density at radius 1 is 1.06 bits per heavy atom. The summed E-state index contributed by atoms with van der Waals surface area (Å²) in [7, 11) is 2.87. The molecule has 1 heterocycles. The quantitative estimate of drug-likeness (QED) is 0.200. The summed E-state index contributed by atoms with van der Waals surface area (Å²) in [6.45, 7) is 2.03. The first kappa shape index (κ1) is 24.8. The minimum absolute atomic E-state index is 0.0817. The van der Waals surface area contributed by atoms with Gasteiger partial charge in [0, 0.05) is 16.8 Å². The number of carbonyl (C=O) groups is 1. The molecule has 1 amide bonds. The number of methoxy groups -OCH3 is 2. The second kappa shape index (κ2) is 11.4. The van der Waals surface area contributed by atoms with E-state index in [0.717, 1.165) is 16.8 Å². The average molecular weight is 504 g/mol. The van der Waals surface area contributed by atoms with Gasteiger partial charge in [0.05, 0.1) is 26.2 Å². The number of ether oxygens (including phenoxy) is 2. The molecule has 4 rings (SSSR count). The van der Waals surface area contributed by atoms with Crippen LogP contribution in [-0.4, -0.2) is 52.0 Å². The zero-order valence-corrected chi connectivity index (χ0v) is 20.8. The van der Waals surface area contributed by atoms with Crippen molar-refractivity contribution in [3.8, 4) is 34.3 Å². The first-order valence-corrected chi connectivity index (χ1v) is 12.0. The van der Waals surface area contributed by atoms with Crippen LogP contribution in [0.1, 0.15) is 11.1 Å². The number of hydrazone groups is 1. The monoisotopic (exact) mass is 503 g/mol. The maximum absolute atomic E-state index is 12.5. The minimum atomic E-state index is -0.311. The Labute approximate surface area is 212 Å². The fraction of sp³-hybridized carbons (Fsp3) is 0.154. The molecule has 10 heteroatoms. The Bertz CT molecular complexity index is 1350. The van der Waals surface area contributed by atoms with E-state index in [4.69, 9.17) is 9.47 Å². The number of phenolic OH excluding ortho intramolecular Hbond substituents is 1. The van der Waals surface area contributed by atoms with E-state index in [9.17, 15) is 9.90 Å². The maximum atomic E-state index is 12.5. The van der Waals surface area contributed by atoms with Gasteiger partial charge in [0.1, 0.15) is 0 Å². The number of nitrogens with one attached hydrogen (secondary N) is 1. The largest absolute Gasteiger partial charge is 0.502 e. The van der Waals surface area contributed by atoms with Crippen molar-refractivity contribution in [2.75, 3.05) is 20.0 Å². The van der Waals surface area contributed by atoms with E-state index in [-0.39, 0.29) is 28.9 Å². The predicted octanol–water partition coefficient (Wildman–Crippen LogP) is 4.21. The predicted molar refractivity (Wildman–Crippen MR) is 139 cm³/mol. The Kier molecular flexibility index (Phi) is 7.86. The van der Waals surface area contributed by atoms with E-state index in [2.05, 4.69) is 20.7 Å². The Balaban J connectivity index is 1.48. The number of carbonyl (C=O) groups excluding carboxylic acids is 1. The number of aromatic hydroxyl groups is 1. The van der Waals surface area contributed by atoms with Gasteiger partial charge in [-0.1, -0.05) is 59.8 Å². The summed E-state index contributed by atoms with van der Waals surface area (Å²) in [5.41, 5.74) is 6.06. The van der Waals surface area contributed by atoms with Crippen molar-refractivity contribution in [3.05, 3.63) is 77.9 Å². The summed E-state index contributed by atoms with van der Waals surface area (Å²) in [5.74, 6) is 0.831. The number of amides is 1. The van der Waals surface area contributed by atoms with Crippen LogP contribution in [-0.2, 0) is 4.79 Å². The third kappa shape index (κ3) is 5.66. The van der Waals surface area contributed by atoms with Gasteiger partial charge >= 0.3 is 0 Å². The van der Waals surface area contributed by atoms with Crippen LogP contribution in [0.2, 0.25) is 0 Å². The number of thioether (sulfide) groups is 1. The van der Waals surface area contributed by atoms with Crippen molar-refractivity contribution >= 4 is 23.9 Å². The topological polar surface area (TPSA) is 111 Å². The van der Waals surface area contributed by atoms with Crippen molar-refractivity contribution in [3.63, 3.8) is 0 Å². The molecule has 184 valence electrons. The number of hydrogen-bond donors (Lipinski definition) is 2. The third-order valence-corrected chi connectivity index (χ3v) is 6.12. The molecule has 0 aliphatic rings. The maximum Gasteiger partial charge on any atom is 0.250 e. The molecule has 0 aliphatic heterocycles. The van der Waals surface area contributed by atoms with E-state index in [1.807, 2.05) is 66.1 Å². The average Bonchev–Trinajstić information content (AvgIpc) is 3.33. The summed E-state index contributed by atoms with van der Waals surface area (Å²) in [5, 5.41) is 23.3. The third-order valence-electron chi connectivity index (χ3n) is 5.19. The first-order chi connectivity index (χ1) is 17.5. The van der Waals surface area contributed by atoms with Gasteiger partial charge in [-0.15, -0.1) is 10.2 Å². The molecule has 4 aromatic rings. The highest BCUT2D eigenvalue weighted by molar-refractivity contribution is 7.99. The zero-order valence-electron chi connectivity index (χ0n) is 20.0. The zero-order chi connectivity index (χ0) is 25.5.